The Kier molecular flexibility index (Phi) is 3.13. The lowest BCUT2D eigenvalue weighted by molar-refractivity contribution is -0.0337. The molecule has 0 aromatic heterocycles. The Hall–Kier alpha value is -0.0800. The molecule has 2 rings (SSSR count). The van der Waals surface area contributed by atoms with Crippen LogP contribution in [0.25, 0.3) is 0 Å². The third-order valence-corrected chi connectivity index (χ3v) is 4.34. The monoisotopic (exact) mass is 197 g/mol. The predicted molar refractivity (Wildman–Crippen MR) is 58.1 cm³/mol. The van der Waals surface area contributed by atoms with Gasteiger partial charge in [0.25, 0.3) is 0 Å². The summed E-state index contributed by atoms with van der Waals surface area (Å²) >= 11 is 0. The van der Waals surface area contributed by atoms with Crippen LogP contribution >= 0.6 is 0 Å². The lowest BCUT2D eigenvalue weighted by Gasteiger charge is -2.38. The molecule has 1 atom stereocenters. The summed E-state index contributed by atoms with van der Waals surface area (Å²) in [6, 6.07) is 0.278. The van der Waals surface area contributed by atoms with Crippen molar-refractivity contribution in [1.82, 2.24) is 0 Å². The van der Waals surface area contributed by atoms with E-state index in [1.54, 1.807) is 0 Å². The Morgan fingerprint density at radius 1 is 1.29 bits per heavy atom. The Balaban J connectivity index is 1.89. The molecule has 2 nitrogen and oxygen atoms in total. The maximum atomic E-state index is 6.31. The van der Waals surface area contributed by atoms with E-state index in [0.717, 1.165) is 5.92 Å². The summed E-state index contributed by atoms with van der Waals surface area (Å²) in [6.45, 7) is 0. The molecular formula is C12H23NO. The minimum absolute atomic E-state index is 0.0373. The van der Waals surface area contributed by atoms with Crippen LogP contribution in [0.5, 0.6) is 0 Å². The number of ether oxygens (including phenoxy) is 1. The van der Waals surface area contributed by atoms with E-state index in [-0.39, 0.29) is 11.6 Å². The quantitative estimate of drug-likeness (QED) is 0.751. The average Bonchev–Trinajstić information content (AvgIpc) is 2.60. The molecule has 0 saturated heterocycles. The first-order valence-electron chi connectivity index (χ1n) is 6.07. The standard InChI is InChI=1S/C12H23NO/c1-14-12(7-2-3-8-12)11(13)9-10-5-4-6-10/h10-11H,2-9,13H2,1H3. The van der Waals surface area contributed by atoms with Crippen molar-refractivity contribution in [3.05, 3.63) is 0 Å². The maximum absolute atomic E-state index is 6.31. The molecule has 2 aliphatic carbocycles. The van der Waals surface area contributed by atoms with E-state index in [4.69, 9.17) is 10.5 Å². The summed E-state index contributed by atoms with van der Waals surface area (Å²) in [4.78, 5) is 0. The van der Waals surface area contributed by atoms with E-state index in [9.17, 15) is 0 Å². The molecule has 2 heteroatoms. The second kappa shape index (κ2) is 4.19. The van der Waals surface area contributed by atoms with Gasteiger partial charge in [0.2, 0.25) is 0 Å². The van der Waals surface area contributed by atoms with Gasteiger partial charge in [0.1, 0.15) is 0 Å². The molecule has 0 aromatic carbocycles. The number of nitrogens with two attached hydrogens (primary N) is 1. The van der Waals surface area contributed by atoms with Gasteiger partial charge in [-0.25, -0.2) is 0 Å². The van der Waals surface area contributed by atoms with E-state index in [2.05, 4.69) is 0 Å². The van der Waals surface area contributed by atoms with Gasteiger partial charge in [-0.15, -0.1) is 0 Å². The summed E-state index contributed by atoms with van der Waals surface area (Å²) in [7, 11) is 1.84. The van der Waals surface area contributed by atoms with Crippen molar-refractivity contribution in [3.63, 3.8) is 0 Å². The fraction of sp³-hybridized carbons (Fsp3) is 1.00. The van der Waals surface area contributed by atoms with Crippen molar-refractivity contribution in [1.29, 1.82) is 0 Å². The predicted octanol–water partition coefficient (Wildman–Crippen LogP) is 2.46. The van der Waals surface area contributed by atoms with Crippen molar-refractivity contribution in [2.75, 3.05) is 7.11 Å². The molecule has 0 heterocycles. The van der Waals surface area contributed by atoms with Crippen LogP contribution in [-0.2, 0) is 4.74 Å². The van der Waals surface area contributed by atoms with Crippen molar-refractivity contribution in [2.24, 2.45) is 11.7 Å². The fourth-order valence-corrected chi connectivity index (χ4v) is 3.00. The Morgan fingerprint density at radius 2 is 1.93 bits per heavy atom. The summed E-state index contributed by atoms with van der Waals surface area (Å²) in [5.41, 5.74) is 6.35. The minimum atomic E-state index is 0.0373. The molecule has 0 aromatic rings. The summed E-state index contributed by atoms with van der Waals surface area (Å²) in [6.07, 6.45) is 10.3. The Bertz CT molecular complexity index is 183. The van der Waals surface area contributed by atoms with E-state index >= 15 is 0 Å². The van der Waals surface area contributed by atoms with E-state index in [0.29, 0.717) is 0 Å². The van der Waals surface area contributed by atoms with E-state index in [1.165, 1.54) is 51.4 Å². The number of hydrogen-bond acceptors (Lipinski definition) is 2. The second-order valence-electron chi connectivity index (χ2n) is 5.12. The highest BCUT2D eigenvalue weighted by Crippen LogP contribution is 2.39. The molecule has 1 unspecified atom stereocenters. The third-order valence-electron chi connectivity index (χ3n) is 4.34. The van der Waals surface area contributed by atoms with Gasteiger partial charge < -0.3 is 10.5 Å². The van der Waals surface area contributed by atoms with Gasteiger partial charge >= 0.3 is 0 Å². The normalized spacial score (nSPS) is 28.7. The molecule has 0 aliphatic heterocycles. The first-order chi connectivity index (χ1) is 6.77. The lowest BCUT2D eigenvalue weighted by atomic mass is 9.77. The molecule has 2 N–H and O–H groups in total. The zero-order chi connectivity index (χ0) is 10.0. The maximum Gasteiger partial charge on any atom is 0.0828 e. The molecule has 14 heavy (non-hydrogen) atoms. The first kappa shape index (κ1) is 10.4. The topological polar surface area (TPSA) is 35.2 Å². The summed E-state index contributed by atoms with van der Waals surface area (Å²) in [5, 5.41) is 0. The molecule has 2 saturated carbocycles. The van der Waals surface area contributed by atoms with Gasteiger partial charge in [-0.3, -0.25) is 0 Å². The van der Waals surface area contributed by atoms with Crippen LogP contribution in [0.15, 0.2) is 0 Å². The third kappa shape index (κ3) is 1.82. The van der Waals surface area contributed by atoms with Crippen molar-refractivity contribution >= 4 is 0 Å². The number of rotatable bonds is 4. The first-order valence-corrected chi connectivity index (χ1v) is 6.07. The Labute approximate surface area is 87.2 Å². The molecule has 0 bridgehead atoms. The molecule has 0 amide bonds. The summed E-state index contributed by atoms with van der Waals surface area (Å²) in [5.74, 6) is 0.901. The molecule has 2 aliphatic rings. The second-order valence-corrected chi connectivity index (χ2v) is 5.12. The van der Waals surface area contributed by atoms with Gasteiger partial charge in [0.15, 0.2) is 0 Å². The van der Waals surface area contributed by atoms with Crippen LogP contribution in [0, 0.1) is 5.92 Å². The smallest absolute Gasteiger partial charge is 0.0828 e. The fourth-order valence-electron chi connectivity index (χ4n) is 3.00. The molecule has 82 valence electrons. The average molecular weight is 197 g/mol. The lowest BCUT2D eigenvalue weighted by Crippen LogP contribution is -2.48. The Morgan fingerprint density at radius 3 is 2.36 bits per heavy atom. The highest BCUT2D eigenvalue weighted by Gasteiger charge is 2.40. The van der Waals surface area contributed by atoms with Crippen molar-refractivity contribution in [3.8, 4) is 0 Å². The van der Waals surface area contributed by atoms with Crippen molar-refractivity contribution < 1.29 is 4.74 Å². The van der Waals surface area contributed by atoms with Crippen LogP contribution < -0.4 is 5.73 Å². The molecular weight excluding hydrogens is 174 g/mol. The van der Waals surface area contributed by atoms with Gasteiger partial charge in [-0.1, -0.05) is 32.1 Å². The SMILES string of the molecule is COC1(C(N)CC2CCC2)CCCC1. The van der Waals surface area contributed by atoms with Gasteiger partial charge in [-0.2, -0.15) is 0 Å². The molecule has 2 fully saturated rings. The van der Waals surface area contributed by atoms with Crippen LogP contribution in [0.2, 0.25) is 0 Å². The van der Waals surface area contributed by atoms with Gasteiger partial charge in [0.05, 0.1) is 5.60 Å². The number of methoxy groups -OCH3 is 1. The summed E-state index contributed by atoms with van der Waals surface area (Å²) < 4.78 is 5.71. The zero-order valence-electron chi connectivity index (χ0n) is 9.30. The van der Waals surface area contributed by atoms with Crippen LogP contribution in [0.3, 0.4) is 0 Å². The van der Waals surface area contributed by atoms with E-state index < -0.39 is 0 Å². The molecule has 0 radical (unpaired) electrons. The van der Waals surface area contributed by atoms with Crippen LogP contribution in [0.1, 0.15) is 51.4 Å². The highest BCUT2D eigenvalue weighted by atomic mass is 16.5. The van der Waals surface area contributed by atoms with Crippen molar-refractivity contribution in [2.45, 2.75) is 63.0 Å². The largest absolute Gasteiger partial charge is 0.377 e. The highest BCUT2D eigenvalue weighted by molar-refractivity contribution is 4.96. The minimum Gasteiger partial charge on any atom is -0.377 e. The molecule has 0 spiro atoms. The van der Waals surface area contributed by atoms with E-state index in [1.807, 2.05) is 7.11 Å². The van der Waals surface area contributed by atoms with Crippen LogP contribution in [0.4, 0.5) is 0 Å². The zero-order valence-corrected chi connectivity index (χ0v) is 9.30. The van der Waals surface area contributed by atoms with Gasteiger partial charge in [-0.05, 0) is 25.2 Å². The number of hydrogen-bond donors (Lipinski definition) is 1. The van der Waals surface area contributed by atoms with Gasteiger partial charge in [0, 0.05) is 13.2 Å². The van der Waals surface area contributed by atoms with Crippen LogP contribution in [-0.4, -0.2) is 18.8 Å².